The Balaban J connectivity index is 1.54. The van der Waals surface area contributed by atoms with E-state index >= 15 is 0 Å². The molecule has 7 heteroatoms. The van der Waals surface area contributed by atoms with Gasteiger partial charge in [-0.1, -0.05) is 18.2 Å². The van der Waals surface area contributed by atoms with E-state index < -0.39 is 0 Å². The van der Waals surface area contributed by atoms with Crippen LogP contribution < -0.4 is 15.5 Å². The highest BCUT2D eigenvalue weighted by molar-refractivity contribution is 6.11. The number of benzene rings is 2. The van der Waals surface area contributed by atoms with Gasteiger partial charge in [0.2, 0.25) is 5.95 Å². The monoisotopic (exact) mass is 452 g/mol. The highest BCUT2D eigenvalue weighted by Crippen LogP contribution is 2.32. The molecule has 1 saturated heterocycles. The van der Waals surface area contributed by atoms with Crippen molar-refractivity contribution < 1.29 is 4.79 Å². The Morgan fingerprint density at radius 3 is 2.62 bits per heavy atom. The van der Waals surface area contributed by atoms with Crippen molar-refractivity contribution in [2.24, 2.45) is 0 Å². The molecule has 7 nitrogen and oxygen atoms in total. The standard InChI is InChI=1S/C27H28N6O/c1-18-6-3-7-20-11-15-29-25(24(18)20)33(22-8-4-12-28-17-22)26(34)21-9-10-23(19(2)16-21)32-27-30-13-5-14-31-27/h3,5-7,9-11,13-16,22,28H,4,8,12,17H2,1-2H3,(H,30,31,32)/t22-/m1/s1. The lowest BCUT2D eigenvalue weighted by Crippen LogP contribution is -2.49. The number of pyridine rings is 1. The van der Waals surface area contributed by atoms with Gasteiger partial charge >= 0.3 is 0 Å². The van der Waals surface area contributed by atoms with Gasteiger partial charge < -0.3 is 10.6 Å². The van der Waals surface area contributed by atoms with Crippen molar-refractivity contribution >= 4 is 34.1 Å². The first-order valence-corrected chi connectivity index (χ1v) is 11.6. The van der Waals surface area contributed by atoms with Crippen LogP contribution >= 0.6 is 0 Å². The summed E-state index contributed by atoms with van der Waals surface area (Å²) in [7, 11) is 0. The van der Waals surface area contributed by atoms with Gasteiger partial charge in [0, 0.05) is 41.8 Å². The van der Waals surface area contributed by atoms with Crippen molar-refractivity contribution in [3.05, 3.63) is 83.8 Å². The highest BCUT2D eigenvalue weighted by Gasteiger charge is 2.30. The fourth-order valence-electron chi connectivity index (χ4n) is 4.62. The number of nitrogens with zero attached hydrogens (tertiary/aromatic N) is 4. The average molecular weight is 453 g/mol. The van der Waals surface area contributed by atoms with Crippen LogP contribution in [0, 0.1) is 13.8 Å². The van der Waals surface area contributed by atoms with E-state index in [2.05, 4.69) is 39.7 Å². The minimum atomic E-state index is -0.0393. The van der Waals surface area contributed by atoms with Crippen LogP contribution in [-0.2, 0) is 0 Å². The number of hydrogen-bond donors (Lipinski definition) is 2. The van der Waals surface area contributed by atoms with Crippen LogP contribution in [0.3, 0.4) is 0 Å². The Hall–Kier alpha value is -3.84. The third-order valence-electron chi connectivity index (χ3n) is 6.35. The second-order valence-corrected chi connectivity index (χ2v) is 8.71. The summed E-state index contributed by atoms with van der Waals surface area (Å²) in [4.78, 5) is 29.1. The van der Waals surface area contributed by atoms with Crippen molar-refractivity contribution in [3.63, 3.8) is 0 Å². The van der Waals surface area contributed by atoms with Crippen molar-refractivity contribution in [1.82, 2.24) is 20.3 Å². The number of aryl methyl sites for hydroxylation is 2. The molecule has 0 aliphatic carbocycles. The van der Waals surface area contributed by atoms with Gasteiger partial charge in [-0.25, -0.2) is 15.0 Å². The zero-order valence-corrected chi connectivity index (χ0v) is 19.5. The fourth-order valence-corrected chi connectivity index (χ4v) is 4.62. The molecule has 0 spiro atoms. The summed E-state index contributed by atoms with van der Waals surface area (Å²) in [6.45, 7) is 5.78. The molecule has 5 rings (SSSR count). The number of carbonyl (C=O) groups excluding carboxylic acids is 1. The van der Waals surface area contributed by atoms with Crippen LogP contribution in [0.5, 0.6) is 0 Å². The number of rotatable bonds is 5. The second kappa shape index (κ2) is 9.57. The lowest BCUT2D eigenvalue weighted by molar-refractivity contribution is 0.0971. The number of piperidine rings is 1. The summed E-state index contributed by atoms with van der Waals surface area (Å²) in [5.74, 6) is 1.21. The maximum absolute atomic E-state index is 14.0. The molecule has 1 fully saturated rings. The largest absolute Gasteiger partial charge is 0.324 e. The summed E-state index contributed by atoms with van der Waals surface area (Å²) < 4.78 is 0. The normalized spacial score (nSPS) is 15.8. The van der Waals surface area contributed by atoms with Crippen molar-refractivity contribution in [3.8, 4) is 0 Å². The molecule has 1 atom stereocenters. The van der Waals surface area contributed by atoms with E-state index in [9.17, 15) is 4.79 Å². The first-order chi connectivity index (χ1) is 16.6. The molecular formula is C27H28N6O. The van der Waals surface area contributed by atoms with E-state index in [0.717, 1.165) is 59.3 Å². The number of hydrogen-bond acceptors (Lipinski definition) is 6. The molecule has 0 saturated carbocycles. The smallest absolute Gasteiger partial charge is 0.259 e. The molecule has 4 aromatic rings. The maximum Gasteiger partial charge on any atom is 0.259 e. The van der Waals surface area contributed by atoms with E-state index in [1.54, 1.807) is 24.7 Å². The van der Waals surface area contributed by atoms with Gasteiger partial charge in [0.15, 0.2) is 0 Å². The third kappa shape index (κ3) is 4.34. The SMILES string of the molecule is Cc1cc(C(=O)N(c2nccc3cccc(C)c23)[C@@H]2CCCNC2)ccc1Nc1ncccn1. The molecular weight excluding hydrogens is 424 g/mol. The van der Waals surface area contributed by atoms with Crippen LogP contribution in [0.15, 0.2) is 67.1 Å². The lowest BCUT2D eigenvalue weighted by Gasteiger charge is -2.35. The zero-order valence-electron chi connectivity index (χ0n) is 19.5. The minimum Gasteiger partial charge on any atom is -0.324 e. The first-order valence-electron chi connectivity index (χ1n) is 11.6. The summed E-state index contributed by atoms with van der Waals surface area (Å²) in [5.41, 5.74) is 3.56. The van der Waals surface area contributed by atoms with Gasteiger partial charge in [-0.3, -0.25) is 9.69 Å². The van der Waals surface area contributed by atoms with Gasteiger partial charge in [-0.15, -0.1) is 0 Å². The van der Waals surface area contributed by atoms with E-state index in [1.165, 1.54) is 0 Å². The van der Waals surface area contributed by atoms with E-state index in [4.69, 9.17) is 4.98 Å². The number of nitrogens with one attached hydrogen (secondary N) is 2. The van der Waals surface area contributed by atoms with Crippen LogP contribution in [0.2, 0.25) is 0 Å². The molecule has 1 aliphatic heterocycles. The molecule has 2 aromatic heterocycles. The lowest BCUT2D eigenvalue weighted by atomic mass is 10.0. The quantitative estimate of drug-likeness (QED) is 0.453. The van der Waals surface area contributed by atoms with Crippen molar-refractivity contribution in [2.45, 2.75) is 32.7 Å². The van der Waals surface area contributed by atoms with Gasteiger partial charge in [0.25, 0.3) is 5.91 Å². The molecule has 1 amide bonds. The molecule has 2 N–H and O–H groups in total. The van der Waals surface area contributed by atoms with Crippen molar-refractivity contribution in [1.29, 1.82) is 0 Å². The number of carbonyl (C=O) groups is 1. The average Bonchev–Trinajstić information content (AvgIpc) is 2.87. The first kappa shape index (κ1) is 22.0. The Kier molecular flexibility index (Phi) is 6.18. The predicted octanol–water partition coefficient (Wildman–Crippen LogP) is 4.78. The van der Waals surface area contributed by atoms with E-state index in [0.29, 0.717) is 11.5 Å². The molecule has 172 valence electrons. The summed E-state index contributed by atoms with van der Waals surface area (Å²) in [6, 6.07) is 15.7. The van der Waals surface area contributed by atoms with Gasteiger partial charge in [-0.2, -0.15) is 0 Å². The van der Waals surface area contributed by atoms with E-state index in [1.807, 2.05) is 42.2 Å². The Morgan fingerprint density at radius 2 is 1.85 bits per heavy atom. The number of aromatic nitrogens is 3. The fraction of sp³-hybridized carbons (Fsp3) is 0.259. The molecule has 34 heavy (non-hydrogen) atoms. The molecule has 1 aliphatic rings. The Labute approximate surface area is 199 Å². The third-order valence-corrected chi connectivity index (χ3v) is 6.35. The summed E-state index contributed by atoms with van der Waals surface area (Å²) in [5, 5.41) is 8.80. The van der Waals surface area contributed by atoms with E-state index in [-0.39, 0.29) is 11.9 Å². The molecule has 3 heterocycles. The molecule has 0 unspecified atom stereocenters. The van der Waals surface area contributed by atoms with Gasteiger partial charge in [-0.05, 0) is 80.1 Å². The predicted molar refractivity (Wildman–Crippen MR) is 136 cm³/mol. The van der Waals surface area contributed by atoms with Crippen LogP contribution in [0.25, 0.3) is 10.8 Å². The van der Waals surface area contributed by atoms with Crippen molar-refractivity contribution in [2.75, 3.05) is 23.3 Å². The topological polar surface area (TPSA) is 83.0 Å². The minimum absolute atomic E-state index is 0.0368. The summed E-state index contributed by atoms with van der Waals surface area (Å²) >= 11 is 0. The molecule has 0 bridgehead atoms. The Morgan fingerprint density at radius 1 is 1.00 bits per heavy atom. The molecule has 0 radical (unpaired) electrons. The van der Waals surface area contributed by atoms with Crippen LogP contribution in [-0.4, -0.2) is 40.0 Å². The highest BCUT2D eigenvalue weighted by atomic mass is 16.2. The molecule has 2 aromatic carbocycles. The zero-order chi connectivity index (χ0) is 23.5. The second-order valence-electron chi connectivity index (χ2n) is 8.71. The van der Waals surface area contributed by atoms with Gasteiger partial charge in [0.1, 0.15) is 5.82 Å². The Bertz CT molecular complexity index is 1310. The number of fused-ring (bicyclic) bond motifs is 1. The van der Waals surface area contributed by atoms with Crippen LogP contribution in [0.1, 0.15) is 34.3 Å². The maximum atomic E-state index is 14.0. The summed E-state index contributed by atoms with van der Waals surface area (Å²) in [6.07, 6.45) is 7.14. The van der Waals surface area contributed by atoms with Gasteiger partial charge in [0.05, 0.1) is 6.04 Å². The number of amides is 1. The van der Waals surface area contributed by atoms with Crippen LogP contribution in [0.4, 0.5) is 17.5 Å². The number of anilines is 3.